The number of aliphatic hydroxyl groups is 1. The standard InChI is InChI=1S/C31H36N4O7/c1-16(2)24(30-35-25(31(40)41-5)27(42-30)21-15-32-22-9-7-6-8-20(21)22)34-28(38)23(33-29(39)26(37)17(3)4)14-18-10-12-19(36)13-11-18/h6-13,15-17,23-24,26,32,36-37H,14H2,1-5H3,(H,33,39)(H,34,38)/t23-,24-,26?/m0/s1. The minimum atomic E-state index is -1.31. The van der Waals surface area contributed by atoms with Crippen molar-refractivity contribution in [2.24, 2.45) is 11.8 Å². The Morgan fingerprint density at radius 1 is 0.976 bits per heavy atom. The molecule has 5 N–H and O–H groups in total. The summed E-state index contributed by atoms with van der Waals surface area (Å²) in [6.45, 7) is 7.10. The summed E-state index contributed by atoms with van der Waals surface area (Å²) in [4.78, 5) is 46.8. The van der Waals surface area contributed by atoms with Crippen LogP contribution in [0.5, 0.6) is 5.75 Å². The number of rotatable bonds is 11. The second-order valence-electron chi connectivity index (χ2n) is 10.8. The number of phenolic OH excluding ortho intramolecular Hbond substituents is 1. The third-order valence-electron chi connectivity index (χ3n) is 7.00. The number of carbonyl (C=O) groups is 3. The van der Waals surface area contributed by atoms with Crippen LogP contribution in [0.15, 0.2) is 59.1 Å². The van der Waals surface area contributed by atoms with Crippen molar-refractivity contribution in [3.8, 4) is 17.1 Å². The number of amides is 2. The molecule has 0 saturated carbocycles. The number of hydrogen-bond donors (Lipinski definition) is 5. The van der Waals surface area contributed by atoms with Crippen LogP contribution in [0.4, 0.5) is 0 Å². The van der Waals surface area contributed by atoms with E-state index in [0.29, 0.717) is 11.1 Å². The van der Waals surface area contributed by atoms with Gasteiger partial charge < -0.3 is 35.0 Å². The lowest BCUT2D eigenvalue weighted by Crippen LogP contribution is -2.52. The minimum Gasteiger partial charge on any atom is -0.508 e. The van der Waals surface area contributed by atoms with Gasteiger partial charge in [-0.2, -0.15) is 0 Å². The summed E-state index contributed by atoms with van der Waals surface area (Å²) in [5, 5.41) is 26.3. The zero-order valence-electron chi connectivity index (χ0n) is 24.2. The number of ether oxygens (including phenoxy) is 1. The highest BCUT2D eigenvalue weighted by molar-refractivity contribution is 6.01. The van der Waals surface area contributed by atoms with Gasteiger partial charge in [0.25, 0.3) is 0 Å². The Morgan fingerprint density at radius 3 is 2.31 bits per heavy atom. The van der Waals surface area contributed by atoms with Crippen LogP contribution in [-0.4, -0.2) is 57.2 Å². The predicted octanol–water partition coefficient (Wildman–Crippen LogP) is 3.87. The summed E-state index contributed by atoms with van der Waals surface area (Å²) in [7, 11) is 1.25. The molecule has 0 fully saturated rings. The van der Waals surface area contributed by atoms with E-state index >= 15 is 0 Å². The van der Waals surface area contributed by atoms with Crippen molar-refractivity contribution in [3.63, 3.8) is 0 Å². The molecule has 2 aromatic heterocycles. The summed E-state index contributed by atoms with van der Waals surface area (Å²) in [5.74, 6) is -2.17. The smallest absolute Gasteiger partial charge is 0.360 e. The van der Waals surface area contributed by atoms with Crippen LogP contribution >= 0.6 is 0 Å². The van der Waals surface area contributed by atoms with Crippen molar-refractivity contribution in [3.05, 3.63) is 71.9 Å². The maximum absolute atomic E-state index is 13.7. The molecule has 2 aromatic carbocycles. The first-order chi connectivity index (χ1) is 20.0. The summed E-state index contributed by atoms with van der Waals surface area (Å²) >= 11 is 0. The lowest BCUT2D eigenvalue weighted by atomic mass is 10.0. The molecule has 222 valence electrons. The van der Waals surface area contributed by atoms with E-state index in [1.807, 2.05) is 38.1 Å². The minimum absolute atomic E-state index is 0.0360. The van der Waals surface area contributed by atoms with Crippen molar-refractivity contribution >= 4 is 28.7 Å². The van der Waals surface area contributed by atoms with Crippen LogP contribution in [0.2, 0.25) is 0 Å². The fourth-order valence-corrected chi connectivity index (χ4v) is 4.55. The quantitative estimate of drug-likeness (QED) is 0.168. The Labute approximate surface area is 243 Å². The van der Waals surface area contributed by atoms with Gasteiger partial charge in [-0.15, -0.1) is 0 Å². The molecular formula is C31H36N4O7. The number of aromatic hydroxyl groups is 1. The number of fused-ring (bicyclic) bond motifs is 1. The molecule has 0 aliphatic heterocycles. The summed E-state index contributed by atoms with van der Waals surface area (Å²) < 4.78 is 11.1. The van der Waals surface area contributed by atoms with E-state index in [1.54, 1.807) is 32.2 Å². The summed E-state index contributed by atoms with van der Waals surface area (Å²) in [5.41, 5.74) is 2.09. The topological polar surface area (TPSA) is 167 Å². The average Bonchev–Trinajstić information content (AvgIpc) is 3.60. The van der Waals surface area contributed by atoms with Gasteiger partial charge in [0.2, 0.25) is 17.7 Å². The molecule has 11 heteroatoms. The van der Waals surface area contributed by atoms with E-state index in [2.05, 4.69) is 20.6 Å². The Hall–Kier alpha value is -4.64. The Balaban J connectivity index is 1.68. The molecule has 11 nitrogen and oxygen atoms in total. The number of esters is 1. The number of methoxy groups -OCH3 is 1. The fraction of sp³-hybridized carbons (Fsp3) is 0.355. The fourth-order valence-electron chi connectivity index (χ4n) is 4.55. The number of nitrogens with zero attached hydrogens (tertiary/aromatic N) is 1. The number of phenols is 1. The van der Waals surface area contributed by atoms with E-state index in [-0.39, 0.29) is 41.4 Å². The molecule has 42 heavy (non-hydrogen) atoms. The van der Waals surface area contributed by atoms with Crippen molar-refractivity contribution in [2.45, 2.75) is 52.3 Å². The van der Waals surface area contributed by atoms with Crippen molar-refractivity contribution in [1.82, 2.24) is 20.6 Å². The number of oxazole rings is 1. The third kappa shape index (κ3) is 6.63. The molecule has 4 rings (SSSR count). The van der Waals surface area contributed by atoms with Gasteiger partial charge in [0.1, 0.15) is 23.9 Å². The lowest BCUT2D eigenvalue weighted by Gasteiger charge is -2.25. The number of aliphatic hydroxyl groups excluding tert-OH is 1. The number of benzene rings is 2. The largest absolute Gasteiger partial charge is 0.508 e. The van der Waals surface area contributed by atoms with Crippen LogP contribution in [0.1, 0.15) is 55.7 Å². The second kappa shape index (κ2) is 12.9. The average molecular weight is 577 g/mol. The molecule has 0 aliphatic rings. The van der Waals surface area contributed by atoms with E-state index in [9.17, 15) is 24.6 Å². The molecule has 0 aliphatic carbocycles. The highest BCUT2D eigenvalue weighted by atomic mass is 16.5. The van der Waals surface area contributed by atoms with E-state index < -0.39 is 36.0 Å². The van der Waals surface area contributed by atoms with Crippen LogP contribution in [0.3, 0.4) is 0 Å². The molecule has 0 saturated heterocycles. The number of carbonyl (C=O) groups excluding carboxylic acids is 3. The Bertz CT molecular complexity index is 1560. The van der Waals surface area contributed by atoms with Crippen molar-refractivity contribution in [1.29, 1.82) is 0 Å². The molecule has 4 aromatic rings. The summed E-state index contributed by atoms with van der Waals surface area (Å²) in [6, 6.07) is 11.9. The normalized spacial score (nSPS) is 13.6. The number of H-pyrrole nitrogens is 1. The molecule has 0 spiro atoms. The third-order valence-corrected chi connectivity index (χ3v) is 7.00. The summed E-state index contributed by atoms with van der Waals surface area (Å²) in [6.07, 6.45) is 0.495. The van der Waals surface area contributed by atoms with Crippen molar-refractivity contribution < 1.29 is 33.8 Å². The van der Waals surface area contributed by atoms with E-state index in [4.69, 9.17) is 9.15 Å². The van der Waals surface area contributed by atoms with Gasteiger partial charge in [-0.1, -0.05) is 58.0 Å². The Kier molecular flexibility index (Phi) is 9.31. The second-order valence-corrected chi connectivity index (χ2v) is 10.8. The zero-order valence-corrected chi connectivity index (χ0v) is 24.2. The van der Waals surface area contributed by atoms with Crippen LogP contribution < -0.4 is 10.6 Å². The first-order valence-electron chi connectivity index (χ1n) is 13.7. The SMILES string of the molecule is COC(=O)c1nc([C@@H](NC(=O)[C@H](Cc2ccc(O)cc2)NC(=O)C(O)C(C)C)C(C)C)oc1-c1c[nH]c2ccccc12. The van der Waals surface area contributed by atoms with Crippen molar-refractivity contribution in [2.75, 3.05) is 7.11 Å². The molecule has 0 radical (unpaired) electrons. The zero-order chi connectivity index (χ0) is 30.6. The Morgan fingerprint density at radius 2 is 1.67 bits per heavy atom. The van der Waals surface area contributed by atoms with Gasteiger partial charge in [0, 0.05) is 29.1 Å². The van der Waals surface area contributed by atoms with Gasteiger partial charge in [-0.25, -0.2) is 9.78 Å². The lowest BCUT2D eigenvalue weighted by molar-refractivity contribution is -0.135. The highest BCUT2D eigenvalue weighted by Gasteiger charge is 2.33. The van der Waals surface area contributed by atoms with Crippen LogP contribution in [0.25, 0.3) is 22.2 Å². The number of hydrogen-bond acceptors (Lipinski definition) is 8. The predicted molar refractivity (Wildman–Crippen MR) is 155 cm³/mol. The maximum Gasteiger partial charge on any atom is 0.360 e. The molecule has 2 amide bonds. The molecule has 2 heterocycles. The van der Waals surface area contributed by atoms with Gasteiger partial charge in [-0.05, 0) is 35.6 Å². The first-order valence-corrected chi connectivity index (χ1v) is 13.7. The first kappa shape index (κ1) is 30.3. The van der Waals surface area contributed by atoms with Gasteiger partial charge in [0.15, 0.2) is 11.5 Å². The number of aromatic nitrogens is 2. The molecule has 1 unspecified atom stereocenters. The maximum atomic E-state index is 13.7. The van der Waals surface area contributed by atoms with Gasteiger partial charge >= 0.3 is 5.97 Å². The van der Waals surface area contributed by atoms with Crippen LogP contribution in [0, 0.1) is 11.8 Å². The monoisotopic (exact) mass is 576 g/mol. The number of para-hydroxylation sites is 1. The molecule has 0 bridgehead atoms. The van der Waals surface area contributed by atoms with E-state index in [1.165, 1.54) is 19.2 Å². The van der Waals surface area contributed by atoms with Gasteiger partial charge in [-0.3, -0.25) is 9.59 Å². The number of aromatic amines is 1. The molecular weight excluding hydrogens is 540 g/mol. The molecule has 3 atom stereocenters. The van der Waals surface area contributed by atoms with Gasteiger partial charge in [0.05, 0.1) is 7.11 Å². The highest BCUT2D eigenvalue weighted by Crippen LogP contribution is 2.35. The number of nitrogens with one attached hydrogen (secondary N) is 3. The van der Waals surface area contributed by atoms with Crippen LogP contribution in [-0.2, 0) is 20.7 Å². The van der Waals surface area contributed by atoms with E-state index in [0.717, 1.165) is 10.9 Å².